The summed E-state index contributed by atoms with van der Waals surface area (Å²) in [4.78, 5) is 20.1. The summed E-state index contributed by atoms with van der Waals surface area (Å²) in [5.41, 5.74) is 5.39. The van der Waals surface area contributed by atoms with Gasteiger partial charge < -0.3 is 9.47 Å². The molecule has 6 nitrogen and oxygen atoms in total. The van der Waals surface area contributed by atoms with Crippen LogP contribution in [0.4, 0.5) is 5.69 Å². The van der Waals surface area contributed by atoms with Gasteiger partial charge in [0, 0.05) is 12.1 Å². The maximum atomic E-state index is 13.1. The summed E-state index contributed by atoms with van der Waals surface area (Å²) >= 11 is 1.37. The van der Waals surface area contributed by atoms with Crippen LogP contribution in [-0.4, -0.2) is 29.6 Å². The number of thioether (sulfide) groups is 1. The predicted octanol–water partition coefficient (Wildman–Crippen LogP) is 6.39. The van der Waals surface area contributed by atoms with Crippen molar-refractivity contribution in [2.75, 3.05) is 13.7 Å². The molecule has 0 radical (unpaired) electrons. The number of nitriles is 1. The van der Waals surface area contributed by atoms with Gasteiger partial charge >= 0.3 is 0 Å². The molecular formula is C29H27N3O3S. The second kappa shape index (κ2) is 11.1. The van der Waals surface area contributed by atoms with E-state index in [1.165, 1.54) is 17.3 Å². The lowest BCUT2D eigenvalue weighted by Crippen LogP contribution is -2.28. The van der Waals surface area contributed by atoms with E-state index in [4.69, 9.17) is 14.5 Å². The third-order valence-corrected chi connectivity index (χ3v) is 6.93. The van der Waals surface area contributed by atoms with Crippen LogP contribution in [0.3, 0.4) is 0 Å². The predicted molar refractivity (Wildman–Crippen MR) is 144 cm³/mol. The highest BCUT2D eigenvalue weighted by atomic mass is 32.2. The Bertz CT molecular complexity index is 1410. The number of methoxy groups -OCH3 is 1. The van der Waals surface area contributed by atoms with Gasteiger partial charge in [-0.2, -0.15) is 5.26 Å². The molecule has 0 spiro atoms. The minimum Gasteiger partial charge on any atom is -0.493 e. The van der Waals surface area contributed by atoms with Crippen LogP contribution < -0.4 is 9.47 Å². The Morgan fingerprint density at radius 3 is 2.58 bits per heavy atom. The number of hydrogen-bond donors (Lipinski definition) is 0. The molecule has 182 valence electrons. The molecule has 7 heteroatoms. The fourth-order valence-electron chi connectivity index (χ4n) is 3.73. The van der Waals surface area contributed by atoms with Gasteiger partial charge in [0.25, 0.3) is 5.91 Å². The summed E-state index contributed by atoms with van der Waals surface area (Å²) in [6.45, 7) is 6.84. The number of aliphatic imine (C=N–C) groups is 1. The summed E-state index contributed by atoms with van der Waals surface area (Å²) in [6.07, 6.45) is 1.84. The van der Waals surface area contributed by atoms with Gasteiger partial charge in [-0.1, -0.05) is 30.3 Å². The number of benzene rings is 3. The number of aryl methyl sites for hydroxylation is 2. The SMILES string of the molecule is CCN1C(=O)C(=Cc2ccc(OCc3ccccc3C#N)c(OC)c2)SC1=Nc1ccc(C)c(C)c1. The van der Waals surface area contributed by atoms with E-state index in [1.807, 2.05) is 67.6 Å². The van der Waals surface area contributed by atoms with Gasteiger partial charge in [0.1, 0.15) is 6.61 Å². The third-order valence-electron chi connectivity index (χ3n) is 5.93. The molecule has 1 amide bonds. The van der Waals surface area contributed by atoms with Crippen LogP contribution in [0, 0.1) is 25.2 Å². The number of nitrogens with zero attached hydrogens (tertiary/aromatic N) is 3. The van der Waals surface area contributed by atoms with Crippen LogP contribution in [-0.2, 0) is 11.4 Å². The van der Waals surface area contributed by atoms with E-state index in [1.54, 1.807) is 18.1 Å². The standard InChI is InChI=1S/C29H27N3O3S/c1-5-32-28(33)27(36-29(32)31-24-12-10-19(2)20(3)14-24)16-21-11-13-25(26(15-21)34-4)35-18-23-9-7-6-8-22(23)17-30/h6-16H,5,18H2,1-4H3. The molecule has 36 heavy (non-hydrogen) atoms. The quantitative estimate of drug-likeness (QED) is 0.354. The number of carbonyl (C=O) groups is 1. The Hall–Kier alpha value is -4.02. The second-order valence-corrected chi connectivity index (χ2v) is 9.30. The summed E-state index contributed by atoms with van der Waals surface area (Å²) in [5, 5.41) is 9.96. The lowest BCUT2D eigenvalue weighted by molar-refractivity contribution is -0.122. The molecule has 0 N–H and O–H groups in total. The first kappa shape index (κ1) is 25.1. The van der Waals surface area contributed by atoms with Crippen molar-refractivity contribution < 1.29 is 14.3 Å². The van der Waals surface area contributed by atoms with Crippen molar-refractivity contribution >= 4 is 34.6 Å². The smallest absolute Gasteiger partial charge is 0.266 e. The minimum absolute atomic E-state index is 0.0718. The van der Waals surface area contributed by atoms with Gasteiger partial charge in [-0.25, -0.2) is 4.99 Å². The molecule has 3 aromatic carbocycles. The average Bonchev–Trinajstić information content (AvgIpc) is 3.18. The zero-order valence-corrected chi connectivity index (χ0v) is 21.6. The molecular weight excluding hydrogens is 470 g/mol. The fourth-order valence-corrected chi connectivity index (χ4v) is 4.79. The number of rotatable bonds is 7. The highest BCUT2D eigenvalue weighted by Gasteiger charge is 2.32. The molecule has 3 aromatic rings. The molecule has 4 rings (SSSR count). The van der Waals surface area contributed by atoms with E-state index in [0.29, 0.717) is 33.7 Å². The molecule has 1 aliphatic heterocycles. The Morgan fingerprint density at radius 1 is 1.06 bits per heavy atom. The highest BCUT2D eigenvalue weighted by Crippen LogP contribution is 2.36. The maximum Gasteiger partial charge on any atom is 0.266 e. The lowest BCUT2D eigenvalue weighted by atomic mass is 10.1. The highest BCUT2D eigenvalue weighted by molar-refractivity contribution is 8.18. The van der Waals surface area contributed by atoms with E-state index in [2.05, 4.69) is 19.9 Å². The molecule has 1 heterocycles. The zero-order chi connectivity index (χ0) is 25.7. The van der Waals surface area contributed by atoms with Crippen molar-refractivity contribution in [2.24, 2.45) is 4.99 Å². The maximum absolute atomic E-state index is 13.1. The average molecular weight is 498 g/mol. The zero-order valence-electron chi connectivity index (χ0n) is 20.7. The van der Waals surface area contributed by atoms with Crippen molar-refractivity contribution in [1.29, 1.82) is 5.26 Å². The Labute approximate surface area is 215 Å². The van der Waals surface area contributed by atoms with Gasteiger partial charge in [0.2, 0.25) is 0 Å². The molecule has 1 saturated heterocycles. The van der Waals surface area contributed by atoms with Crippen molar-refractivity contribution in [3.8, 4) is 17.6 Å². The van der Waals surface area contributed by atoms with Crippen LogP contribution in [0.5, 0.6) is 11.5 Å². The van der Waals surface area contributed by atoms with E-state index in [0.717, 1.165) is 22.4 Å². The Balaban J connectivity index is 1.56. The van der Waals surface area contributed by atoms with Crippen LogP contribution in [0.1, 0.15) is 34.7 Å². The van der Waals surface area contributed by atoms with Crippen LogP contribution in [0.25, 0.3) is 6.08 Å². The molecule has 0 bridgehead atoms. The van der Waals surface area contributed by atoms with Crippen LogP contribution in [0.2, 0.25) is 0 Å². The minimum atomic E-state index is -0.0718. The monoisotopic (exact) mass is 497 g/mol. The van der Waals surface area contributed by atoms with Crippen molar-refractivity contribution in [3.05, 3.63) is 93.4 Å². The van der Waals surface area contributed by atoms with Crippen molar-refractivity contribution in [1.82, 2.24) is 4.90 Å². The van der Waals surface area contributed by atoms with Gasteiger partial charge in [-0.05, 0) is 85.6 Å². The summed E-state index contributed by atoms with van der Waals surface area (Å²) < 4.78 is 11.5. The molecule has 1 fully saturated rings. The summed E-state index contributed by atoms with van der Waals surface area (Å²) in [5.74, 6) is 1.04. The Morgan fingerprint density at radius 2 is 1.86 bits per heavy atom. The topological polar surface area (TPSA) is 74.9 Å². The first-order chi connectivity index (χ1) is 17.4. The molecule has 0 atom stereocenters. The first-order valence-electron chi connectivity index (χ1n) is 11.6. The summed E-state index contributed by atoms with van der Waals surface area (Å²) in [7, 11) is 1.57. The number of amidine groups is 1. The van der Waals surface area contributed by atoms with E-state index in [-0.39, 0.29) is 12.5 Å². The molecule has 1 aliphatic rings. The normalized spacial score (nSPS) is 15.4. The molecule has 0 unspecified atom stereocenters. The number of amides is 1. The lowest BCUT2D eigenvalue weighted by Gasteiger charge is -2.12. The van der Waals surface area contributed by atoms with Crippen molar-refractivity contribution in [2.45, 2.75) is 27.4 Å². The number of likely N-dealkylation sites (N-methyl/N-ethyl adjacent to an activating group) is 1. The van der Waals surface area contributed by atoms with E-state index >= 15 is 0 Å². The first-order valence-corrected chi connectivity index (χ1v) is 12.4. The number of hydrogen-bond acceptors (Lipinski definition) is 6. The van der Waals surface area contributed by atoms with Gasteiger partial charge in [0.05, 0.1) is 29.3 Å². The number of ether oxygens (including phenoxy) is 2. The second-order valence-electron chi connectivity index (χ2n) is 8.29. The summed E-state index contributed by atoms with van der Waals surface area (Å²) in [6, 6.07) is 21.1. The molecule has 0 aromatic heterocycles. The van der Waals surface area contributed by atoms with Crippen LogP contribution >= 0.6 is 11.8 Å². The van der Waals surface area contributed by atoms with E-state index in [9.17, 15) is 10.1 Å². The van der Waals surface area contributed by atoms with E-state index < -0.39 is 0 Å². The van der Waals surface area contributed by atoms with Crippen LogP contribution in [0.15, 0.2) is 70.6 Å². The molecule has 0 aliphatic carbocycles. The largest absolute Gasteiger partial charge is 0.493 e. The third kappa shape index (κ3) is 5.45. The van der Waals surface area contributed by atoms with Gasteiger partial charge in [0.15, 0.2) is 16.7 Å². The Kier molecular flexibility index (Phi) is 7.77. The van der Waals surface area contributed by atoms with Gasteiger partial charge in [-0.3, -0.25) is 9.69 Å². The molecule has 0 saturated carbocycles. The fraction of sp³-hybridized carbons (Fsp3) is 0.207. The van der Waals surface area contributed by atoms with Crippen molar-refractivity contribution in [3.63, 3.8) is 0 Å². The number of carbonyl (C=O) groups excluding carboxylic acids is 1. The van der Waals surface area contributed by atoms with Gasteiger partial charge in [-0.15, -0.1) is 0 Å².